The van der Waals surface area contributed by atoms with Gasteiger partial charge in [-0.25, -0.2) is 0 Å². The van der Waals surface area contributed by atoms with Gasteiger partial charge >= 0.3 is 0 Å². The number of halogens is 2. The second kappa shape index (κ2) is 8.95. The fourth-order valence-corrected chi connectivity index (χ4v) is 2.49. The SMILES string of the molecule is CC(C)COCCC(CCl)Cc1ccccc1Br. The van der Waals surface area contributed by atoms with E-state index in [0.717, 1.165) is 26.1 Å². The third-order valence-electron chi connectivity index (χ3n) is 2.81. The monoisotopic (exact) mass is 332 g/mol. The van der Waals surface area contributed by atoms with Crippen LogP contribution >= 0.6 is 27.5 Å². The van der Waals surface area contributed by atoms with Crippen molar-refractivity contribution in [2.24, 2.45) is 11.8 Å². The minimum Gasteiger partial charge on any atom is -0.381 e. The minimum atomic E-state index is 0.484. The lowest BCUT2D eigenvalue weighted by Gasteiger charge is -2.15. The van der Waals surface area contributed by atoms with Crippen LogP contribution < -0.4 is 0 Å². The number of hydrogen-bond acceptors (Lipinski definition) is 1. The Hall–Kier alpha value is -0.0500. The average molecular weight is 334 g/mol. The Morgan fingerprint density at radius 1 is 1.28 bits per heavy atom. The second-order valence-electron chi connectivity index (χ2n) is 5.07. The number of alkyl halides is 1. The molecule has 0 radical (unpaired) electrons. The Morgan fingerprint density at radius 3 is 2.61 bits per heavy atom. The zero-order chi connectivity index (χ0) is 13.4. The highest BCUT2D eigenvalue weighted by molar-refractivity contribution is 9.10. The molecule has 0 N–H and O–H groups in total. The molecule has 1 unspecified atom stereocenters. The van der Waals surface area contributed by atoms with Gasteiger partial charge in [-0.15, -0.1) is 11.6 Å². The Balaban J connectivity index is 2.36. The van der Waals surface area contributed by atoms with Gasteiger partial charge in [0.1, 0.15) is 0 Å². The van der Waals surface area contributed by atoms with Crippen LogP contribution in [0.5, 0.6) is 0 Å². The third kappa shape index (κ3) is 6.21. The molecule has 0 heterocycles. The number of rotatable bonds is 8. The van der Waals surface area contributed by atoms with Gasteiger partial charge in [0.2, 0.25) is 0 Å². The Kier molecular flexibility index (Phi) is 7.96. The van der Waals surface area contributed by atoms with E-state index in [1.165, 1.54) is 10.0 Å². The molecule has 18 heavy (non-hydrogen) atoms. The summed E-state index contributed by atoms with van der Waals surface area (Å²) < 4.78 is 6.79. The van der Waals surface area contributed by atoms with Gasteiger partial charge in [-0.3, -0.25) is 0 Å². The Bertz CT molecular complexity index is 341. The largest absolute Gasteiger partial charge is 0.381 e. The number of ether oxygens (including phenoxy) is 1. The Morgan fingerprint density at radius 2 is 2.00 bits per heavy atom. The van der Waals surface area contributed by atoms with Crippen LogP contribution in [0.4, 0.5) is 0 Å². The molecule has 1 aromatic carbocycles. The van der Waals surface area contributed by atoms with Crippen LogP contribution in [-0.4, -0.2) is 19.1 Å². The van der Waals surface area contributed by atoms with Gasteiger partial charge in [0.25, 0.3) is 0 Å². The van der Waals surface area contributed by atoms with Crippen molar-refractivity contribution in [3.63, 3.8) is 0 Å². The first-order valence-electron chi connectivity index (χ1n) is 6.50. The maximum Gasteiger partial charge on any atom is 0.0488 e. The highest BCUT2D eigenvalue weighted by atomic mass is 79.9. The maximum atomic E-state index is 6.04. The first kappa shape index (κ1) is 16.0. The molecule has 1 nitrogen and oxygen atoms in total. The van der Waals surface area contributed by atoms with Crippen LogP contribution in [0.15, 0.2) is 28.7 Å². The summed E-state index contributed by atoms with van der Waals surface area (Å²) in [5.41, 5.74) is 1.33. The van der Waals surface area contributed by atoms with Gasteiger partial charge in [0.05, 0.1) is 0 Å². The van der Waals surface area contributed by atoms with E-state index in [1.807, 2.05) is 6.07 Å². The van der Waals surface area contributed by atoms with Crippen LogP contribution in [0.1, 0.15) is 25.8 Å². The lowest BCUT2D eigenvalue weighted by Crippen LogP contribution is -2.12. The summed E-state index contributed by atoms with van der Waals surface area (Å²) >= 11 is 9.62. The highest BCUT2D eigenvalue weighted by Crippen LogP contribution is 2.21. The van der Waals surface area contributed by atoms with Crippen LogP contribution in [0.2, 0.25) is 0 Å². The van der Waals surface area contributed by atoms with Crippen molar-refractivity contribution in [1.82, 2.24) is 0 Å². The highest BCUT2D eigenvalue weighted by Gasteiger charge is 2.10. The average Bonchev–Trinajstić information content (AvgIpc) is 2.35. The third-order valence-corrected chi connectivity index (χ3v) is 4.02. The van der Waals surface area contributed by atoms with E-state index in [1.54, 1.807) is 0 Å². The molecule has 1 rings (SSSR count). The summed E-state index contributed by atoms with van der Waals surface area (Å²) in [7, 11) is 0. The molecule has 3 heteroatoms. The summed E-state index contributed by atoms with van der Waals surface area (Å²) in [6.45, 7) is 5.98. The van der Waals surface area contributed by atoms with E-state index < -0.39 is 0 Å². The van der Waals surface area contributed by atoms with Crippen LogP contribution in [0.3, 0.4) is 0 Å². The molecule has 102 valence electrons. The van der Waals surface area contributed by atoms with Crippen molar-refractivity contribution in [1.29, 1.82) is 0 Å². The summed E-state index contributed by atoms with van der Waals surface area (Å²) in [5.74, 6) is 1.77. The maximum absolute atomic E-state index is 6.04. The van der Waals surface area contributed by atoms with E-state index in [-0.39, 0.29) is 0 Å². The lowest BCUT2D eigenvalue weighted by atomic mass is 9.98. The first-order chi connectivity index (χ1) is 8.63. The lowest BCUT2D eigenvalue weighted by molar-refractivity contribution is 0.0996. The molecule has 0 bridgehead atoms. The normalized spacial score (nSPS) is 12.9. The van der Waals surface area contributed by atoms with E-state index >= 15 is 0 Å². The summed E-state index contributed by atoms with van der Waals surface area (Å²) in [6.07, 6.45) is 2.04. The van der Waals surface area contributed by atoms with Gasteiger partial charge in [-0.05, 0) is 36.3 Å². The second-order valence-corrected chi connectivity index (χ2v) is 6.24. The minimum absolute atomic E-state index is 0.484. The fourth-order valence-electron chi connectivity index (χ4n) is 1.78. The fraction of sp³-hybridized carbons (Fsp3) is 0.600. The van der Waals surface area contributed by atoms with Gasteiger partial charge in [-0.2, -0.15) is 0 Å². The molecule has 0 aliphatic carbocycles. The molecule has 1 atom stereocenters. The van der Waals surface area contributed by atoms with Crippen molar-refractivity contribution < 1.29 is 4.74 Å². The van der Waals surface area contributed by atoms with Crippen LogP contribution in [-0.2, 0) is 11.2 Å². The molecule has 1 aromatic rings. The first-order valence-corrected chi connectivity index (χ1v) is 7.83. The molecular weight excluding hydrogens is 312 g/mol. The molecule has 0 aliphatic rings. The molecule has 0 saturated carbocycles. The quantitative estimate of drug-likeness (QED) is 0.485. The van der Waals surface area contributed by atoms with Gasteiger partial charge < -0.3 is 4.74 Å². The van der Waals surface area contributed by atoms with Gasteiger partial charge in [-0.1, -0.05) is 48.0 Å². The molecule has 0 spiro atoms. The van der Waals surface area contributed by atoms with E-state index in [4.69, 9.17) is 16.3 Å². The van der Waals surface area contributed by atoms with Gasteiger partial charge in [0, 0.05) is 23.6 Å². The summed E-state index contributed by atoms with van der Waals surface area (Å²) in [4.78, 5) is 0. The molecular formula is C15H22BrClO. The van der Waals surface area contributed by atoms with Gasteiger partial charge in [0.15, 0.2) is 0 Å². The van der Waals surface area contributed by atoms with Crippen molar-refractivity contribution >= 4 is 27.5 Å². The van der Waals surface area contributed by atoms with Crippen LogP contribution in [0.25, 0.3) is 0 Å². The Labute approximate surface area is 124 Å². The zero-order valence-electron chi connectivity index (χ0n) is 11.2. The van der Waals surface area contributed by atoms with Crippen molar-refractivity contribution in [2.75, 3.05) is 19.1 Å². The standard InChI is InChI=1S/C15H22BrClO/c1-12(2)11-18-8-7-13(10-17)9-14-5-3-4-6-15(14)16/h3-6,12-13H,7-11H2,1-2H3. The van der Waals surface area contributed by atoms with E-state index in [0.29, 0.717) is 17.7 Å². The summed E-state index contributed by atoms with van der Waals surface area (Å²) in [5, 5.41) is 0. The molecule has 0 amide bonds. The van der Waals surface area contributed by atoms with Crippen molar-refractivity contribution in [2.45, 2.75) is 26.7 Å². The van der Waals surface area contributed by atoms with Crippen molar-refractivity contribution in [3.8, 4) is 0 Å². The van der Waals surface area contributed by atoms with Crippen molar-refractivity contribution in [3.05, 3.63) is 34.3 Å². The van der Waals surface area contributed by atoms with Crippen LogP contribution in [0, 0.1) is 11.8 Å². The molecule has 0 aliphatic heterocycles. The number of benzene rings is 1. The molecule has 0 fully saturated rings. The smallest absolute Gasteiger partial charge is 0.0488 e. The predicted molar refractivity (Wildman–Crippen MR) is 82.3 cm³/mol. The topological polar surface area (TPSA) is 9.23 Å². The molecule has 0 aromatic heterocycles. The summed E-state index contributed by atoms with van der Waals surface area (Å²) in [6, 6.07) is 8.34. The van der Waals surface area contributed by atoms with E-state index in [9.17, 15) is 0 Å². The molecule has 0 saturated heterocycles. The predicted octanol–water partition coefficient (Wildman–Crippen LogP) is 4.91. The van der Waals surface area contributed by atoms with E-state index in [2.05, 4.69) is 48.0 Å². The number of hydrogen-bond donors (Lipinski definition) is 0. The zero-order valence-corrected chi connectivity index (χ0v) is 13.5.